The molecule has 0 aliphatic carbocycles. The van der Waals surface area contributed by atoms with Crippen LogP contribution in [0.25, 0.3) is 0 Å². The van der Waals surface area contributed by atoms with Gasteiger partial charge in [-0.3, -0.25) is 4.79 Å². The number of aliphatic hydroxyl groups is 1. The molecule has 0 saturated carbocycles. The van der Waals surface area contributed by atoms with Crippen molar-refractivity contribution in [2.24, 2.45) is 0 Å². The van der Waals surface area contributed by atoms with Crippen LogP contribution < -0.4 is 5.32 Å². The summed E-state index contributed by atoms with van der Waals surface area (Å²) in [5, 5.41) is 11.6. The molecular formula is C10H15N3O2. The highest BCUT2D eigenvalue weighted by molar-refractivity contribution is 5.94. The standard InChI is InChI=1S/C10H15N3O2/c1-11-9-7-8(3-4-12-9)10(15)13(2)5-6-14/h3-4,7,14H,5-6H2,1-2H3,(H,11,12). The van der Waals surface area contributed by atoms with Crippen LogP contribution in [0.1, 0.15) is 10.4 Å². The van der Waals surface area contributed by atoms with Gasteiger partial charge in [0.2, 0.25) is 0 Å². The highest BCUT2D eigenvalue weighted by Gasteiger charge is 2.11. The van der Waals surface area contributed by atoms with Gasteiger partial charge in [-0.15, -0.1) is 0 Å². The Morgan fingerprint density at radius 2 is 2.40 bits per heavy atom. The molecule has 1 rings (SSSR count). The molecule has 15 heavy (non-hydrogen) atoms. The van der Waals surface area contributed by atoms with Gasteiger partial charge in [0.15, 0.2) is 0 Å². The first kappa shape index (κ1) is 11.5. The Bertz CT molecular complexity index is 341. The van der Waals surface area contributed by atoms with Crippen LogP contribution in [-0.4, -0.2) is 48.1 Å². The minimum Gasteiger partial charge on any atom is -0.395 e. The number of nitrogens with zero attached hydrogens (tertiary/aromatic N) is 2. The Morgan fingerprint density at radius 3 is 3.00 bits per heavy atom. The van der Waals surface area contributed by atoms with Gasteiger partial charge in [0, 0.05) is 32.4 Å². The maximum atomic E-state index is 11.8. The molecule has 0 unspecified atom stereocenters. The molecule has 82 valence electrons. The van der Waals surface area contributed by atoms with Crippen molar-refractivity contribution in [3.63, 3.8) is 0 Å². The number of rotatable bonds is 4. The number of hydrogen-bond acceptors (Lipinski definition) is 4. The zero-order valence-electron chi connectivity index (χ0n) is 8.90. The third-order valence-corrected chi connectivity index (χ3v) is 2.05. The van der Waals surface area contributed by atoms with E-state index in [2.05, 4.69) is 10.3 Å². The second-order valence-electron chi connectivity index (χ2n) is 3.13. The zero-order chi connectivity index (χ0) is 11.3. The summed E-state index contributed by atoms with van der Waals surface area (Å²) in [4.78, 5) is 17.2. The van der Waals surface area contributed by atoms with E-state index in [1.165, 1.54) is 4.90 Å². The zero-order valence-corrected chi connectivity index (χ0v) is 8.90. The second-order valence-corrected chi connectivity index (χ2v) is 3.13. The van der Waals surface area contributed by atoms with Crippen molar-refractivity contribution in [1.82, 2.24) is 9.88 Å². The summed E-state index contributed by atoms with van der Waals surface area (Å²) in [7, 11) is 3.39. The molecular weight excluding hydrogens is 194 g/mol. The van der Waals surface area contributed by atoms with Crippen LogP contribution in [0.3, 0.4) is 0 Å². The van der Waals surface area contributed by atoms with Crippen molar-refractivity contribution < 1.29 is 9.90 Å². The van der Waals surface area contributed by atoms with Crippen molar-refractivity contribution >= 4 is 11.7 Å². The number of amides is 1. The van der Waals surface area contributed by atoms with E-state index in [0.717, 1.165) is 0 Å². The smallest absolute Gasteiger partial charge is 0.253 e. The molecule has 1 amide bonds. The molecule has 0 saturated heterocycles. The molecule has 0 spiro atoms. The van der Waals surface area contributed by atoms with E-state index in [0.29, 0.717) is 17.9 Å². The molecule has 5 heteroatoms. The van der Waals surface area contributed by atoms with E-state index in [9.17, 15) is 4.79 Å². The summed E-state index contributed by atoms with van der Waals surface area (Å²) >= 11 is 0. The van der Waals surface area contributed by atoms with E-state index < -0.39 is 0 Å². The minimum atomic E-state index is -0.122. The number of likely N-dealkylation sites (N-methyl/N-ethyl adjacent to an activating group) is 1. The van der Waals surface area contributed by atoms with Gasteiger partial charge in [0.25, 0.3) is 5.91 Å². The fraction of sp³-hybridized carbons (Fsp3) is 0.400. The third-order valence-electron chi connectivity index (χ3n) is 2.05. The van der Waals surface area contributed by atoms with Crippen molar-refractivity contribution in [2.75, 3.05) is 32.6 Å². The Balaban J connectivity index is 2.81. The summed E-state index contributed by atoms with van der Waals surface area (Å²) < 4.78 is 0. The number of aromatic nitrogens is 1. The Labute approximate surface area is 88.7 Å². The summed E-state index contributed by atoms with van der Waals surface area (Å²) in [5.74, 6) is 0.529. The van der Waals surface area contributed by atoms with Gasteiger partial charge in [-0.2, -0.15) is 0 Å². The van der Waals surface area contributed by atoms with Crippen molar-refractivity contribution in [1.29, 1.82) is 0 Å². The molecule has 2 N–H and O–H groups in total. The molecule has 1 aromatic heterocycles. The SMILES string of the molecule is CNc1cc(C(=O)N(C)CCO)ccn1. The Hall–Kier alpha value is -1.62. The van der Waals surface area contributed by atoms with Gasteiger partial charge in [-0.25, -0.2) is 4.98 Å². The van der Waals surface area contributed by atoms with Gasteiger partial charge in [0.05, 0.1) is 6.61 Å². The van der Waals surface area contributed by atoms with Crippen LogP contribution in [0.2, 0.25) is 0 Å². The third kappa shape index (κ3) is 2.92. The van der Waals surface area contributed by atoms with Crippen LogP contribution in [0.4, 0.5) is 5.82 Å². The van der Waals surface area contributed by atoms with Crippen LogP contribution >= 0.6 is 0 Å². The van der Waals surface area contributed by atoms with Gasteiger partial charge in [0.1, 0.15) is 5.82 Å². The summed E-state index contributed by atoms with van der Waals surface area (Å²) in [6.45, 7) is 0.294. The van der Waals surface area contributed by atoms with Gasteiger partial charge >= 0.3 is 0 Å². The molecule has 0 aliphatic heterocycles. The van der Waals surface area contributed by atoms with Crippen molar-refractivity contribution in [2.45, 2.75) is 0 Å². The van der Waals surface area contributed by atoms with Crippen LogP contribution in [-0.2, 0) is 0 Å². The molecule has 0 aliphatic rings. The van der Waals surface area contributed by atoms with Gasteiger partial charge in [-0.05, 0) is 12.1 Å². The lowest BCUT2D eigenvalue weighted by Gasteiger charge is -2.15. The van der Waals surface area contributed by atoms with E-state index in [-0.39, 0.29) is 12.5 Å². The largest absolute Gasteiger partial charge is 0.395 e. The predicted octanol–water partition coefficient (Wildman–Crippen LogP) is 0.188. The Kier molecular flexibility index (Phi) is 4.05. The number of aliphatic hydroxyl groups excluding tert-OH is 1. The van der Waals surface area contributed by atoms with Gasteiger partial charge in [-0.1, -0.05) is 0 Å². The lowest BCUT2D eigenvalue weighted by atomic mass is 10.2. The van der Waals surface area contributed by atoms with E-state index in [1.54, 1.807) is 32.4 Å². The molecule has 0 bridgehead atoms. The van der Waals surface area contributed by atoms with Crippen LogP contribution in [0.15, 0.2) is 18.3 Å². The number of hydrogen-bond donors (Lipinski definition) is 2. The lowest BCUT2D eigenvalue weighted by Crippen LogP contribution is -2.29. The second kappa shape index (κ2) is 5.31. The summed E-state index contributed by atoms with van der Waals surface area (Å²) in [5.41, 5.74) is 0.560. The normalized spacial score (nSPS) is 9.80. The first-order chi connectivity index (χ1) is 7.19. The monoisotopic (exact) mass is 209 g/mol. The molecule has 0 radical (unpaired) electrons. The van der Waals surface area contributed by atoms with E-state index in [4.69, 9.17) is 5.11 Å². The molecule has 0 aromatic carbocycles. The number of carbonyl (C=O) groups is 1. The fourth-order valence-electron chi connectivity index (χ4n) is 1.17. The average Bonchev–Trinajstić information content (AvgIpc) is 2.28. The fourth-order valence-corrected chi connectivity index (χ4v) is 1.17. The predicted molar refractivity (Wildman–Crippen MR) is 57.8 cm³/mol. The first-order valence-electron chi connectivity index (χ1n) is 4.69. The topological polar surface area (TPSA) is 65.5 Å². The lowest BCUT2D eigenvalue weighted by molar-refractivity contribution is 0.0767. The maximum Gasteiger partial charge on any atom is 0.253 e. The van der Waals surface area contributed by atoms with Crippen LogP contribution in [0, 0.1) is 0 Å². The number of nitrogens with one attached hydrogen (secondary N) is 1. The van der Waals surface area contributed by atoms with Crippen molar-refractivity contribution in [3.8, 4) is 0 Å². The summed E-state index contributed by atoms with van der Waals surface area (Å²) in [6, 6.07) is 3.33. The van der Waals surface area contributed by atoms with Gasteiger partial charge < -0.3 is 15.3 Å². The minimum absolute atomic E-state index is 0.0355. The molecule has 1 aromatic rings. The van der Waals surface area contributed by atoms with E-state index >= 15 is 0 Å². The molecule has 1 heterocycles. The number of pyridine rings is 1. The Morgan fingerprint density at radius 1 is 1.67 bits per heavy atom. The summed E-state index contributed by atoms with van der Waals surface area (Å²) in [6.07, 6.45) is 1.58. The molecule has 0 atom stereocenters. The average molecular weight is 209 g/mol. The highest BCUT2D eigenvalue weighted by atomic mass is 16.3. The van der Waals surface area contributed by atoms with Crippen molar-refractivity contribution in [3.05, 3.63) is 23.9 Å². The van der Waals surface area contributed by atoms with Crippen LogP contribution in [0.5, 0.6) is 0 Å². The quantitative estimate of drug-likeness (QED) is 0.742. The van der Waals surface area contributed by atoms with E-state index in [1.807, 2.05) is 0 Å². The number of carbonyl (C=O) groups excluding carboxylic acids is 1. The number of anilines is 1. The highest BCUT2D eigenvalue weighted by Crippen LogP contribution is 2.08. The first-order valence-corrected chi connectivity index (χ1v) is 4.69. The molecule has 0 fully saturated rings. The maximum absolute atomic E-state index is 11.8. The molecule has 5 nitrogen and oxygen atoms in total.